The van der Waals surface area contributed by atoms with Gasteiger partial charge >= 0.3 is 5.63 Å². The standard InChI is InChI=1S/C27H36N2O4/c1-15-13-22(31)24(25(32)33-15)16(2)28-29-23-8-7-20-19-6-5-17-14-18(30)9-11-26(17,3)21(19)10-12-27(20,23)4/h5,13,18-21,30-31H,6-12,14H2,1-4H3/b28-16?,29-23+/t18-,19-,20-,21-,26+,27-/m1/s1. The lowest BCUT2D eigenvalue weighted by Crippen LogP contribution is -2.50. The van der Waals surface area contributed by atoms with E-state index in [4.69, 9.17) is 4.42 Å². The monoisotopic (exact) mass is 452 g/mol. The maximum atomic E-state index is 12.2. The molecule has 0 bridgehead atoms. The first-order valence-electron chi connectivity index (χ1n) is 12.5. The lowest BCUT2D eigenvalue weighted by atomic mass is 9.48. The minimum absolute atomic E-state index is 0.0286. The Kier molecular flexibility index (Phi) is 5.43. The van der Waals surface area contributed by atoms with Gasteiger partial charge in [0.1, 0.15) is 17.1 Å². The van der Waals surface area contributed by atoms with Gasteiger partial charge in [-0.15, -0.1) is 0 Å². The molecule has 33 heavy (non-hydrogen) atoms. The maximum absolute atomic E-state index is 12.2. The highest BCUT2D eigenvalue weighted by Gasteiger charge is 2.57. The van der Waals surface area contributed by atoms with Gasteiger partial charge in [0.2, 0.25) is 0 Å². The summed E-state index contributed by atoms with van der Waals surface area (Å²) < 4.78 is 5.14. The van der Waals surface area contributed by atoms with E-state index in [0.29, 0.717) is 29.2 Å². The van der Waals surface area contributed by atoms with Crippen molar-refractivity contribution in [2.45, 2.75) is 85.2 Å². The van der Waals surface area contributed by atoms with E-state index in [1.807, 2.05) is 0 Å². The van der Waals surface area contributed by atoms with E-state index in [1.165, 1.54) is 18.1 Å². The second-order valence-electron chi connectivity index (χ2n) is 11.3. The van der Waals surface area contributed by atoms with E-state index in [2.05, 4.69) is 30.1 Å². The van der Waals surface area contributed by atoms with E-state index in [0.717, 1.165) is 50.7 Å². The summed E-state index contributed by atoms with van der Waals surface area (Å²) in [5.74, 6) is 2.18. The molecule has 1 aromatic heterocycles. The summed E-state index contributed by atoms with van der Waals surface area (Å²) in [7, 11) is 0. The van der Waals surface area contributed by atoms with Crippen molar-refractivity contribution in [3.05, 3.63) is 39.5 Å². The van der Waals surface area contributed by atoms with E-state index >= 15 is 0 Å². The minimum Gasteiger partial charge on any atom is -0.507 e. The summed E-state index contributed by atoms with van der Waals surface area (Å²) in [4.78, 5) is 12.2. The minimum atomic E-state index is -0.583. The Labute approximate surface area is 195 Å². The number of fused-ring (bicyclic) bond motifs is 5. The molecule has 0 spiro atoms. The zero-order valence-corrected chi connectivity index (χ0v) is 20.2. The van der Waals surface area contributed by atoms with Crippen LogP contribution < -0.4 is 5.63 Å². The molecule has 4 aliphatic rings. The first-order chi connectivity index (χ1) is 15.6. The van der Waals surface area contributed by atoms with Crippen LogP contribution >= 0.6 is 0 Å². The van der Waals surface area contributed by atoms with Crippen LogP contribution in [0, 0.1) is 35.5 Å². The van der Waals surface area contributed by atoms with Gasteiger partial charge in [0.05, 0.1) is 11.8 Å². The van der Waals surface area contributed by atoms with Gasteiger partial charge in [-0.05, 0) is 88.4 Å². The molecule has 3 fully saturated rings. The molecule has 0 aliphatic heterocycles. The van der Waals surface area contributed by atoms with Crippen molar-refractivity contribution >= 4 is 11.4 Å². The topological polar surface area (TPSA) is 95.4 Å². The highest BCUT2D eigenvalue weighted by atomic mass is 16.4. The maximum Gasteiger partial charge on any atom is 0.348 e. The van der Waals surface area contributed by atoms with E-state index < -0.39 is 5.63 Å². The fourth-order valence-corrected chi connectivity index (χ4v) is 7.71. The van der Waals surface area contributed by atoms with Gasteiger partial charge in [0.25, 0.3) is 0 Å². The van der Waals surface area contributed by atoms with Gasteiger partial charge in [0, 0.05) is 17.2 Å². The molecule has 1 heterocycles. The molecular weight excluding hydrogens is 416 g/mol. The van der Waals surface area contributed by atoms with Crippen LogP contribution in [0.3, 0.4) is 0 Å². The van der Waals surface area contributed by atoms with E-state index in [9.17, 15) is 15.0 Å². The number of rotatable bonds is 2. The quantitative estimate of drug-likeness (QED) is 0.369. The molecule has 0 radical (unpaired) electrons. The molecule has 1 aromatic rings. The predicted octanol–water partition coefficient (Wildman–Crippen LogP) is 5.14. The Hall–Kier alpha value is -2.21. The van der Waals surface area contributed by atoms with Crippen LogP contribution in [0.15, 0.2) is 37.1 Å². The van der Waals surface area contributed by atoms with Crippen LogP contribution in [-0.4, -0.2) is 27.7 Å². The number of nitrogens with zero attached hydrogens (tertiary/aromatic N) is 2. The zero-order valence-electron chi connectivity index (χ0n) is 20.2. The summed E-state index contributed by atoms with van der Waals surface area (Å²) >= 11 is 0. The van der Waals surface area contributed by atoms with Gasteiger partial charge in [-0.2, -0.15) is 10.2 Å². The smallest absolute Gasteiger partial charge is 0.348 e. The average molecular weight is 453 g/mol. The molecule has 6 nitrogen and oxygen atoms in total. The molecule has 3 saturated carbocycles. The predicted molar refractivity (Wildman–Crippen MR) is 129 cm³/mol. The largest absolute Gasteiger partial charge is 0.507 e. The molecule has 0 aromatic carbocycles. The second kappa shape index (κ2) is 7.93. The van der Waals surface area contributed by atoms with Gasteiger partial charge in [-0.3, -0.25) is 0 Å². The number of hydrogen-bond donors (Lipinski definition) is 2. The first kappa shape index (κ1) is 22.6. The van der Waals surface area contributed by atoms with Crippen molar-refractivity contribution in [1.82, 2.24) is 0 Å². The zero-order chi connectivity index (χ0) is 23.5. The summed E-state index contributed by atoms with van der Waals surface area (Å²) in [5, 5.41) is 29.5. The van der Waals surface area contributed by atoms with Crippen molar-refractivity contribution < 1.29 is 14.6 Å². The summed E-state index contributed by atoms with van der Waals surface area (Å²) in [6.07, 6.45) is 10.6. The van der Waals surface area contributed by atoms with Crippen LogP contribution in [0.5, 0.6) is 5.75 Å². The second-order valence-corrected chi connectivity index (χ2v) is 11.3. The van der Waals surface area contributed by atoms with Crippen LogP contribution in [0.2, 0.25) is 0 Å². The summed E-state index contributed by atoms with van der Waals surface area (Å²) in [6.45, 7) is 8.13. The molecular formula is C27H36N2O4. The van der Waals surface area contributed by atoms with Crippen molar-refractivity contribution in [1.29, 1.82) is 0 Å². The van der Waals surface area contributed by atoms with Crippen molar-refractivity contribution in [3.8, 4) is 5.75 Å². The van der Waals surface area contributed by atoms with Crippen LogP contribution in [0.4, 0.5) is 0 Å². The molecule has 6 heteroatoms. The van der Waals surface area contributed by atoms with Crippen LogP contribution in [0.25, 0.3) is 0 Å². The van der Waals surface area contributed by atoms with Gasteiger partial charge in [-0.25, -0.2) is 4.79 Å². The molecule has 0 saturated heterocycles. The van der Waals surface area contributed by atoms with Gasteiger partial charge in [0.15, 0.2) is 0 Å². The highest BCUT2D eigenvalue weighted by molar-refractivity contribution is 6.01. The molecule has 4 aliphatic carbocycles. The Balaban J connectivity index is 1.42. The molecule has 178 valence electrons. The molecule has 0 amide bonds. The van der Waals surface area contributed by atoms with E-state index in [1.54, 1.807) is 13.8 Å². The Bertz CT molecular complexity index is 1120. The van der Waals surface area contributed by atoms with Crippen LogP contribution in [-0.2, 0) is 0 Å². The molecule has 6 atom stereocenters. The molecule has 5 rings (SSSR count). The van der Waals surface area contributed by atoms with Crippen molar-refractivity contribution in [2.75, 3.05) is 0 Å². The normalized spacial score (nSPS) is 39.6. The number of allylic oxidation sites excluding steroid dienone is 1. The number of hydrogen-bond acceptors (Lipinski definition) is 6. The first-order valence-corrected chi connectivity index (χ1v) is 12.5. The Morgan fingerprint density at radius 3 is 2.64 bits per heavy atom. The van der Waals surface area contributed by atoms with Crippen molar-refractivity contribution in [3.63, 3.8) is 0 Å². The Morgan fingerprint density at radius 1 is 1.15 bits per heavy atom. The molecule has 2 N–H and O–H groups in total. The van der Waals surface area contributed by atoms with E-state index in [-0.39, 0.29) is 28.2 Å². The third-order valence-electron chi connectivity index (χ3n) is 9.56. The highest BCUT2D eigenvalue weighted by Crippen LogP contribution is 2.64. The number of aromatic hydroxyl groups is 1. The fraction of sp³-hybridized carbons (Fsp3) is 0.667. The third-order valence-corrected chi connectivity index (χ3v) is 9.56. The average Bonchev–Trinajstić information content (AvgIpc) is 3.08. The van der Waals surface area contributed by atoms with Gasteiger partial charge < -0.3 is 14.6 Å². The summed E-state index contributed by atoms with van der Waals surface area (Å²) in [6, 6.07) is 1.44. The van der Waals surface area contributed by atoms with Crippen molar-refractivity contribution in [2.24, 2.45) is 38.8 Å². The van der Waals surface area contributed by atoms with Gasteiger partial charge in [-0.1, -0.05) is 25.5 Å². The third kappa shape index (κ3) is 3.52. The van der Waals surface area contributed by atoms with Crippen LogP contribution in [0.1, 0.15) is 83.5 Å². The number of aliphatic hydroxyl groups is 1. The number of aryl methyl sites for hydroxylation is 1. The Morgan fingerprint density at radius 2 is 1.88 bits per heavy atom. The summed E-state index contributed by atoms with van der Waals surface area (Å²) in [5.41, 5.74) is 2.77. The lowest BCUT2D eigenvalue weighted by molar-refractivity contribution is -0.0209. The molecule has 0 unspecified atom stereocenters. The number of aliphatic hydroxyl groups excluding tert-OH is 1. The SMILES string of the molecule is CC(=N/N=C1\CC[C@@H]2[C@H]3CC=C4C[C@H](O)CC[C@]4(C)[C@@H]3CC[C@@]12C)c1c(O)cc(C)oc1=O. The fourth-order valence-electron chi connectivity index (χ4n) is 7.71. The lowest BCUT2D eigenvalue weighted by Gasteiger charge is -2.57.